The molecule has 1 aliphatic rings. The van der Waals surface area contributed by atoms with Gasteiger partial charge in [-0.2, -0.15) is 4.31 Å². The number of sulfonamides is 1. The second-order valence-electron chi connectivity index (χ2n) is 6.70. The molecule has 0 unspecified atom stereocenters. The van der Waals surface area contributed by atoms with Gasteiger partial charge in [0.05, 0.1) is 15.7 Å². The van der Waals surface area contributed by atoms with Crippen LogP contribution < -0.4 is 5.32 Å². The standard InChI is InChI=1S/C19H19Cl2FN2O3S/c1-12-5-6-16(22)17(11-12)23-19(25)13-7-9-24(10-8-13)28(26,27)18-14(20)3-2-4-15(18)21/h2-6,11,13H,7-10H2,1H3,(H,23,25). The van der Waals surface area contributed by atoms with Crippen LogP contribution in [0.4, 0.5) is 10.1 Å². The summed E-state index contributed by atoms with van der Waals surface area (Å²) in [5.74, 6) is -1.24. The van der Waals surface area contributed by atoms with Gasteiger partial charge in [0.15, 0.2) is 0 Å². The Labute approximate surface area is 173 Å². The number of carbonyl (C=O) groups is 1. The zero-order chi connectivity index (χ0) is 20.5. The Bertz CT molecular complexity index is 986. The minimum atomic E-state index is -3.87. The number of anilines is 1. The van der Waals surface area contributed by atoms with Gasteiger partial charge >= 0.3 is 0 Å². The SMILES string of the molecule is Cc1ccc(F)c(NC(=O)C2CCN(S(=O)(=O)c3c(Cl)cccc3Cl)CC2)c1. The molecule has 2 aromatic carbocycles. The lowest BCUT2D eigenvalue weighted by Gasteiger charge is -2.31. The highest BCUT2D eigenvalue weighted by Crippen LogP contribution is 2.33. The van der Waals surface area contributed by atoms with Crippen LogP contribution >= 0.6 is 23.2 Å². The highest BCUT2D eigenvalue weighted by Gasteiger charge is 2.34. The van der Waals surface area contributed by atoms with Crippen molar-refractivity contribution < 1.29 is 17.6 Å². The molecule has 1 saturated heterocycles. The lowest BCUT2D eigenvalue weighted by Crippen LogP contribution is -2.41. The van der Waals surface area contributed by atoms with Crippen LogP contribution in [0.2, 0.25) is 10.0 Å². The summed E-state index contributed by atoms with van der Waals surface area (Å²) < 4.78 is 40.9. The van der Waals surface area contributed by atoms with Gasteiger partial charge in [-0.05, 0) is 49.6 Å². The molecule has 0 saturated carbocycles. The molecule has 150 valence electrons. The number of piperidine rings is 1. The fraction of sp³-hybridized carbons (Fsp3) is 0.316. The van der Waals surface area contributed by atoms with E-state index in [2.05, 4.69) is 5.32 Å². The number of benzene rings is 2. The van der Waals surface area contributed by atoms with E-state index in [0.717, 1.165) is 5.56 Å². The Morgan fingerprint density at radius 2 is 1.75 bits per heavy atom. The quantitative estimate of drug-likeness (QED) is 0.755. The molecular weight excluding hydrogens is 426 g/mol. The van der Waals surface area contributed by atoms with Crippen LogP contribution in [0.25, 0.3) is 0 Å². The predicted octanol–water partition coefficient (Wildman–Crippen LogP) is 4.48. The number of nitrogens with zero attached hydrogens (tertiary/aromatic N) is 1. The molecule has 0 spiro atoms. The summed E-state index contributed by atoms with van der Waals surface area (Å²) in [6.07, 6.45) is 0.640. The topological polar surface area (TPSA) is 66.5 Å². The van der Waals surface area contributed by atoms with Crippen LogP contribution in [0.5, 0.6) is 0 Å². The Kier molecular flexibility index (Phi) is 6.29. The van der Waals surface area contributed by atoms with E-state index in [1.165, 1.54) is 22.5 Å². The molecule has 1 aliphatic heterocycles. The minimum absolute atomic E-state index is 0.0577. The van der Waals surface area contributed by atoms with Gasteiger partial charge in [0, 0.05) is 19.0 Å². The molecule has 1 N–H and O–H groups in total. The number of halogens is 3. The molecule has 0 bridgehead atoms. The fourth-order valence-electron chi connectivity index (χ4n) is 3.19. The summed E-state index contributed by atoms with van der Waals surface area (Å²) in [5.41, 5.74) is 0.956. The first-order valence-electron chi connectivity index (χ1n) is 8.71. The van der Waals surface area contributed by atoms with Crippen LogP contribution in [-0.4, -0.2) is 31.7 Å². The predicted molar refractivity (Wildman–Crippen MR) is 108 cm³/mol. The van der Waals surface area contributed by atoms with Crippen molar-refractivity contribution in [3.63, 3.8) is 0 Å². The number of aryl methyl sites for hydroxylation is 1. The lowest BCUT2D eigenvalue weighted by molar-refractivity contribution is -0.120. The number of rotatable bonds is 4. The van der Waals surface area contributed by atoms with Crippen molar-refractivity contribution in [2.24, 2.45) is 5.92 Å². The molecule has 3 rings (SSSR count). The number of hydrogen-bond donors (Lipinski definition) is 1. The maximum absolute atomic E-state index is 13.9. The van der Waals surface area contributed by atoms with Crippen molar-refractivity contribution >= 4 is 44.8 Å². The third-order valence-electron chi connectivity index (χ3n) is 4.72. The number of hydrogen-bond acceptors (Lipinski definition) is 3. The van der Waals surface area contributed by atoms with Gasteiger partial charge in [0.2, 0.25) is 15.9 Å². The molecule has 0 radical (unpaired) electrons. The fourth-order valence-corrected chi connectivity index (χ4v) is 5.75. The van der Waals surface area contributed by atoms with Crippen LogP contribution in [0.15, 0.2) is 41.3 Å². The van der Waals surface area contributed by atoms with E-state index in [9.17, 15) is 17.6 Å². The minimum Gasteiger partial charge on any atom is -0.323 e. The second kappa shape index (κ2) is 8.37. The smallest absolute Gasteiger partial charge is 0.246 e. The van der Waals surface area contributed by atoms with Crippen LogP contribution in [0.1, 0.15) is 18.4 Å². The van der Waals surface area contributed by atoms with Crippen molar-refractivity contribution in [2.45, 2.75) is 24.7 Å². The normalized spacial score (nSPS) is 16.1. The molecule has 1 heterocycles. The van der Waals surface area contributed by atoms with Gasteiger partial charge in [-0.3, -0.25) is 4.79 Å². The summed E-state index contributed by atoms with van der Waals surface area (Å²) in [6.45, 7) is 2.11. The summed E-state index contributed by atoms with van der Waals surface area (Å²) >= 11 is 12.1. The molecule has 1 amide bonds. The van der Waals surface area contributed by atoms with Crippen molar-refractivity contribution in [2.75, 3.05) is 18.4 Å². The Balaban J connectivity index is 1.69. The monoisotopic (exact) mass is 444 g/mol. The zero-order valence-corrected chi connectivity index (χ0v) is 17.4. The summed E-state index contributed by atoms with van der Waals surface area (Å²) in [5, 5.41) is 2.72. The highest BCUT2D eigenvalue weighted by molar-refractivity contribution is 7.89. The largest absolute Gasteiger partial charge is 0.323 e. The first-order chi connectivity index (χ1) is 13.2. The van der Waals surface area contributed by atoms with E-state index in [0.29, 0.717) is 12.8 Å². The van der Waals surface area contributed by atoms with E-state index < -0.39 is 21.8 Å². The molecule has 5 nitrogen and oxygen atoms in total. The van der Waals surface area contributed by atoms with Crippen LogP contribution in [0.3, 0.4) is 0 Å². The maximum atomic E-state index is 13.9. The highest BCUT2D eigenvalue weighted by atomic mass is 35.5. The number of amides is 1. The van der Waals surface area contributed by atoms with Crippen molar-refractivity contribution in [1.29, 1.82) is 0 Å². The van der Waals surface area contributed by atoms with Crippen molar-refractivity contribution in [3.8, 4) is 0 Å². The van der Waals surface area contributed by atoms with E-state index >= 15 is 0 Å². The van der Waals surface area contributed by atoms with E-state index in [4.69, 9.17) is 23.2 Å². The van der Waals surface area contributed by atoms with E-state index in [1.807, 2.05) is 0 Å². The number of carbonyl (C=O) groups excluding carboxylic acids is 1. The first-order valence-corrected chi connectivity index (χ1v) is 10.9. The molecule has 0 aliphatic carbocycles. The van der Waals surface area contributed by atoms with E-state index in [1.54, 1.807) is 25.1 Å². The van der Waals surface area contributed by atoms with Gasteiger partial charge < -0.3 is 5.32 Å². The summed E-state index contributed by atoms with van der Waals surface area (Å²) in [6, 6.07) is 8.99. The number of nitrogens with one attached hydrogen (secondary N) is 1. The molecule has 2 aromatic rings. The van der Waals surface area contributed by atoms with Crippen LogP contribution in [-0.2, 0) is 14.8 Å². The molecule has 9 heteroatoms. The summed E-state index contributed by atoms with van der Waals surface area (Å²) in [4.78, 5) is 12.4. The third-order valence-corrected chi connectivity index (χ3v) is 7.58. The average Bonchev–Trinajstić information content (AvgIpc) is 2.64. The second-order valence-corrected chi connectivity index (χ2v) is 9.39. The Morgan fingerprint density at radius 1 is 1.14 bits per heavy atom. The van der Waals surface area contributed by atoms with Gasteiger partial charge in [-0.15, -0.1) is 0 Å². The van der Waals surface area contributed by atoms with Gasteiger partial charge in [-0.1, -0.05) is 35.3 Å². The average molecular weight is 445 g/mol. The first kappa shape index (κ1) is 21.0. The molecule has 0 aromatic heterocycles. The van der Waals surface area contributed by atoms with Gasteiger partial charge in [0.25, 0.3) is 0 Å². The Hall–Kier alpha value is -1.67. The summed E-state index contributed by atoms with van der Waals surface area (Å²) in [7, 11) is -3.87. The van der Waals surface area contributed by atoms with Gasteiger partial charge in [0.1, 0.15) is 10.7 Å². The molecule has 0 atom stereocenters. The van der Waals surface area contributed by atoms with Gasteiger partial charge in [-0.25, -0.2) is 12.8 Å². The van der Waals surface area contributed by atoms with Crippen LogP contribution in [0, 0.1) is 18.7 Å². The van der Waals surface area contributed by atoms with Crippen molar-refractivity contribution in [3.05, 3.63) is 57.8 Å². The molecule has 28 heavy (non-hydrogen) atoms. The van der Waals surface area contributed by atoms with Crippen molar-refractivity contribution in [1.82, 2.24) is 4.31 Å². The van der Waals surface area contributed by atoms with E-state index in [-0.39, 0.29) is 39.6 Å². The zero-order valence-electron chi connectivity index (χ0n) is 15.1. The third kappa shape index (κ3) is 4.33. The maximum Gasteiger partial charge on any atom is 0.246 e. The molecule has 1 fully saturated rings. The Morgan fingerprint density at radius 3 is 2.36 bits per heavy atom. The molecular formula is C19H19Cl2FN2O3S. The lowest BCUT2D eigenvalue weighted by atomic mass is 9.97.